The molecule has 4 nitrogen and oxygen atoms in total. The molecule has 2 aliphatic carbocycles. The van der Waals surface area contributed by atoms with E-state index in [9.17, 15) is 9.59 Å². The zero-order valence-corrected chi connectivity index (χ0v) is 41.3. The van der Waals surface area contributed by atoms with Gasteiger partial charge in [-0.3, -0.25) is 0 Å². The predicted octanol–water partition coefficient (Wildman–Crippen LogP) is 13.3. The summed E-state index contributed by atoms with van der Waals surface area (Å²) >= 11 is -6.24. The molecule has 2 N–H and O–H groups in total. The molecule has 305 valence electrons. The Hall–Kier alpha value is -3.18. The number of hydrogen-bond acceptors (Lipinski definition) is 2. The van der Waals surface area contributed by atoms with E-state index in [1.807, 2.05) is 13.8 Å². The minimum absolute atomic E-state index is 0.0789. The standard InChI is InChI=1S/2C22H25.C6H11BN2O2.2ClH.Hf/c2*1-15(2)12-17-8-5-6-10-20(17)21-11-7-9-18-13-19(16(3)4)14-22(18)21;1-3-5(10)8-7-9-6(11)4-2;;;/h2*5-11,13-16H,12H2,1-4H3;3-4H2,1-2H3,(H-,8,9,10,11);2*1H;/q;;;;;+1/p-1. The average Bonchev–Trinajstić information content (AvgIpc) is 3.79. The molecule has 58 heavy (non-hydrogen) atoms. The SMILES string of the molecule is CCC(=O)N[B](NC(=O)CC)[Hf]([Cl])([Cl])([CH]1C(C(C)C)=Cc2c(-c3ccccc3CC(C)C)cccc21)[CH]1C(C(C)C)=Cc2c(-c3ccccc3CC(C)C)cccc21. The van der Waals surface area contributed by atoms with Crippen LogP contribution in [0.3, 0.4) is 0 Å². The second-order valence-corrected chi connectivity index (χ2v) is 48.5. The molecule has 0 saturated carbocycles. The number of fused-ring (bicyclic) bond motifs is 2. The Morgan fingerprint density at radius 2 is 0.931 bits per heavy atom. The first-order chi connectivity index (χ1) is 27.5. The Morgan fingerprint density at radius 3 is 1.28 bits per heavy atom. The van der Waals surface area contributed by atoms with Crippen LogP contribution in [0.4, 0.5) is 0 Å². The van der Waals surface area contributed by atoms with Gasteiger partial charge in [0.25, 0.3) is 0 Å². The summed E-state index contributed by atoms with van der Waals surface area (Å²) in [6.45, 7) is 21.6. The molecule has 0 aromatic heterocycles. The third-order valence-corrected chi connectivity index (χ3v) is 40.6. The van der Waals surface area contributed by atoms with Gasteiger partial charge in [-0.1, -0.05) is 0 Å². The molecule has 8 heteroatoms. The Labute approximate surface area is 356 Å². The van der Waals surface area contributed by atoms with E-state index in [0.29, 0.717) is 11.8 Å². The van der Waals surface area contributed by atoms with Gasteiger partial charge in [-0.05, 0) is 0 Å². The average molecular weight is 983 g/mol. The van der Waals surface area contributed by atoms with Crippen molar-refractivity contribution < 1.29 is 25.5 Å². The molecule has 0 fully saturated rings. The summed E-state index contributed by atoms with van der Waals surface area (Å²) in [6, 6.07) is 30.6. The van der Waals surface area contributed by atoms with E-state index in [1.54, 1.807) is 0 Å². The third-order valence-electron chi connectivity index (χ3n) is 12.3. The monoisotopic (exact) mass is 983 g/mol. The van der Waals surface area contributed by atoms with Gasteiger partial charge in [-0.15, -0.1) is 0 Å². The molecule has 0 heterocycles. The fourth-order valence-corrected chi connectivity index (χ4v) is 39.8. The van der Waals surface area contributed by atoms with Crippen molar-refractivity contribution in [3.63, 3.8) is 0 Å². The Bertz CT molecular complexity index is 2100. The molecule has 0 saturated heterocycles. The van der Waals surface area contributed by atoms with Gasteiger partial charge in [-0.2, -0.15) is 0 Å². The van der Waals surface area contributed by atoms with Crippen LogP contribution < -0.4 is 10.5 Å². The van der Waals surface area contributed by atoms with E-state index in [4.69, 9.17) is 17.2 Å². The quantitative estimate of drug-likeness (QED) is 0.117. The number of hydrogen-bond donors (Lipinski definition) is 2. The van der Waals surface area contributed by atoms with Crippen LogP contribution in [0.15, 0.2) is 96.1 Å². The number of amides is 2. The summed E-state index contributed by atoms with van der Waals surface area (Å²) in [6.07, 6.45) is 7.07. The normalized spacial score (nSPS) is 16.9. The van der Waals surface area contributed by atoms with Crippen molar-refractivity contribution in [1.29, 1.82) is 0 Å². The van der Waals surface area contributed by atoms with Crippen LogP contribution in [0.25, 0.3) is 34.4 Å². The number of benzene rings is 4. The van der Waals surface area contributed by atoms with Crippen molar-refractivity contribution in [2.75, 3.05) is 0 Å². The molecule has 4 aromatic rings. The first-order valence-corrected chi connectivity index (χ1v) is 36.6. The van der Waals surface area contributed by atoms with Crippen LogP contribution >= 0.6 is 17.2 Å². The molecule has 2 atom stereocenters. The van der Waals surface area contributed by atoms with Crippen molar-refractivity contribution in [2.24, 2.45) is 23.7 Å². The van der Waals surface area contributed by atoms with Gasteiger partial charge >= 0.3 is 359 Å². The maximum atomic E-state index is 13.8. The number of carbonyl (C=O) groups excluding carboxylic acids is 2. The van der Waals surface area contributed by atoms with Gasteiger partial charge in [0.2, 0.25) is 0 Å². The van der Waals surface area contributed by atoms with E-state index in [1.165, 1.54) is 22.3 Å². The molecule has 0 spiro atoms. The molecule has 2 unspecified atom stereocenters. The molecule has 6 rings (SSSR count). The van der Waals surface area contributed by atoms with Gasteiger partial charge in [0.15, 0.2) is 0 Å². The fraction of sp³-hybridized carbons (Fsp3) is 0.400. The summed E-state index contributed by atoms with van der Waals surface area (Å²) in [5.41, 5.74) is 14.1. The van der Waals surface area contributed by atoms with Gasteiger partial charge in [0, 0.05) is 0 Å². The zero-order chi connectivity index (χ0) is 42.1. The van der Waals surface area contributed by atoms with Crippen LogP contribution in [0, 0.1) is 23.7 Å². The van der Waals surface area contributed by atoms with Crippen molar-refractivity contribution in [1.82, 2.24) is 10.5 Å². The van der Waals surface area contributed by atoms with Crippen LogP contribution in [-0.2, 0) is 38.3 Å². The van der Waals surface area contributed by atoms with Gasteiger partial charge in [-0.25, -0.2) is 0 Å². The number of carbonyl (C=O) groups is 2. The minimum atomic E-state index is -6.24. The van der Waals surface area contributed by atoms with E-state index < -0.39 is 27.8 Å². The second-order valence-electron chi connectivity index (χ2n) is 18.1. The zero-order valence-electron chi connectivity index (χ0n) is 36.2. The first kappa shape index (κ1) is 44.4. The van der Waals surface area contributed by atoms with E-state index >= 15 is 0 Å². The van der Waals surface area contributed by atoms with E-state index in [-0.39, 0.29) is 36.5 Å². The molecule has 0 aliphatic heterocycles. The number of halogens is 2. The van der Waals surface area contributed by atoms with E-state index in [2.05, 4.69) is 163 Å². The topological polar surface area (TPSA) is 58.2 Å². The van der Waals surface area contributed by atoms with Gasteiger partial charge < -0.3 is 0 Å². The Morgan fingerprint density at radius 1 is 0.569 bits per heavy atom. The molecule has 0 bridgehead atoms. The van der Waals surface area contributed by atoms with Crippen molar-refractivity contribution in [2.45, 2.75) is 102 Å². The van der Waals surface area contributed by atoms with Crippen LogP contribution in [-0.4, -0.2) is 16.4 Å². The van der Waals surface area contributed by atoms with Crippen molar-refractivity contribution in [3.8, 4) is 22.3 Å². The molecule has 0 radical (unpaired) electrons. The Balaban J connectivity index is 1.71. The molecule has 2 amide bonds. The summed E-state index contributed by atoms with van der Waals surface area (Å²) in [5, 5.41) is 6.62. The fourth-order valence-electron chi connectivity index (χ4n) is 9.69. The van der Waals surface area contributed by atoms with Crippen LogP contribution in [0.2, 0.25) is 0 Å². The summed E-state index contributed by atoms with van der Waals surface area (Å²) < 4.78 is -1.78. The second kappa shape index (κ2) is 17.8. The summed E-state index contributed by atoms with van der Waals surface area (Å²) in [4.78, 5) is 27.6. The van der Waals surface area contributed by atoms with Gasteiger partial charge in [0.05, 0.1) is 0 Å². The molecule has 2 aliphatic rings. The summed E-state index contributed by atoms with van der Waals surface area (Å²) in [7, 11) is 18.0. The molecular formula is C50H62BCl2HfN2O2. The van der Waals surface area contributed by atoms with E-state index in [0.717, 1.165) is 57.4 Å². The Kier molecular flexibility index (Phi) is 13.6. The van der Waals surface area contributed by atoms with Crippen LogP contribution in [0.5, 0.6) is 0 Å². The maximum absolute atomic E-state index is 13.8. The van der Waals surface area contributed by atoms with Crippen molar-refractivity contribution >= 4 is 45.7 Å². The third kappa shape index (κ3) is 8.29. The van der Waals surface area contributed by atoms with Crippen molar-refractivity contribution in [3.05, 3.63) is 129 Å². The molecule has 4 aromatic carbocycles. The predicted molar refractivity (Wildman–Crippen MR) is 246 cm³/mol. The van der Waals surface area contributed by atoms with Crippen LogP contribution in [0.1, 0.15) is 123 Å². The number of rotatable bonds is 15. The van der Waals surface area contributed by atoms with Gasteiger partial charge in [0.1, 0.15) is 0 Å². The summed E-state index contributed by atoms with van der Waals surface area (Å²) in [5.74, 6) is 0.744. The number of allylic oxidation sites excluding steroid dienone is 2. The first-order valence-electron chi connectivity index (χ1n) is 21.5. The number of nitrogens with one attached hydrogen (secondary N) is 2. The molecular weight excluding hydrogens is 921 g/mol.